The van der Waals surface area contributed by atoms with Crippen molar-refractivity contribution < 1.29 is 9.84 Å². The largest absolute Gasteiger partial charge is 0.389 e. The van der Waals surface area contributed by atoms with E-state index in [1.807, 2.05) is 24.3 Å². The van der Waals surface area contributed by atoms with Gasteiger partial charge in [0.05, 0.1) is 12.7 Å². The predicted octanol–water partition coefficient (Wildman–Crippen LogP) is 10.4. The van der Waals surface area contributed by atoms with E-state index < -0.39 is 6.10 Å². The number of anilines is 6. The van der Waals surface area contributed by atoms with E-state index in [2.05, 4.69) is 143 Å². The third-order valence-corrected chi connectivity index (χ3v) is 8.10. The second kappa shape index (κ2) is 12.2. The second-order valence-corrected chi connectivity index (χ2v) is 11.1. The average molecular weight is 575 g/mol. The molecule has 0 amide bonds. The maximum absolute atomic E-state index is 10.00. The molecule has 1 heterocycles. The quantitative estimate of drug-likeness (QED) is 0.174. The number of rotatable bonds is 9. The van der Waals surface area contributed by atoms with Crippen molar-refractivity contribution in [2.24, 2.45) is 0 Å². The van der Waals surface area contributed by atoms with Crippen LogP contribution in [0.1, 0.15) is 30.3 Å². The summed E-state index contributed by atoms with van der Waals surface area (Å²) in [6.07, 6.45) is -0.252. The number of benzene rings is 6. The molecule has 2 unspecified atom stereocenters. The van der Waals surface area contributed by atoms with E-state index in [-0.39, 0.29) is 6.10 Å². The molecule has 4 nitrogen and oxygen atoms in total. The van der Waals surface area contributed by atoms with Gasteiger partial charge in [-0.15, -0.1) is 0 Å². The van der Waals surface area contributed by atoms with Crippen LogP contribution in [0.4, 0.5) is 34.1 Å². The number of nitrogens with zero attached hydrogens (tertiary/aromatic N) is 2. The smallest absolute Gasteiger partial charge is 0.106 e. The minimum absolute atomic E-state index is 0.246. The monoisotopic (exact) mass is 574 g/mol. The van der Waals surface area contributed by atoms with E-state index in [0.29, 0.717) is 0 Å². The third-order valence-electron chi connectivity index (χ3n) is 8.10. The van der Waals surface area contributed by atoms with Crippen LogP contribution in [0.5, 0.6) is 0 Å². The van der Waals surface area contributed by atoms with Gasteiger partial charge in [0.2, 0.25) is 0 Å². The van der Waals surface area contributed by atoms with Gasteiger partial charge in [0, 0.05) is 34.1 Å². The highest BCUT2D eigenvalue weighted by Crippen LogP contribution is 2.39. The Morgan fingerprint density at radius 1 is 0.500 bits per heavy atom. The maximum atomic E-state index is 10.00. The van der Waals surface area contributed by atoms with Gasteiger partial charge in [-0.3, -0.25) is 0 Å². The molecule has 1 saturated heterocycles. The second-order valence-electron chi connectivity index (χ2n) is 11.1. The molecule has 6 aromatic rings. The lowest BCUT2D eigenvalue weighted by Crippen LogP contribution is -2.10. The fourth-order valence-corrected chi connectivity index (χ4v) is 5.63. The van der Waals surface area contributed by atoms with Crippen molar-refractivity contribution in [3.63, 3.8) is 0 Å². The first-order chi connectivity index (χ1) is 21.6. The molecule has 0 aliphatic carbocycles. The zero-order valence-electron chi connectivity index (χ0n) is 24.6. The molecule has 1 fully saturated rings. The summed E-state index contributed by atoms with van der Waals surface area (Å²) in [7, 11) is 0. The molecule has 0 spiro atoms. The van der Waals surface area contributed by atoms with Crippen molar-refractivity contribution in [3.8, 4) is 11.1 Å². The molecular formula is C40H34N2O2. The summed E-state index contributed by atoms with van der Waals surface area (Å²) in [5.41, 5.74) is 10.9. The van der Waals surface area contributed by atoms with Crippen molar-refractivity contribution >= 4 is 34.1 Å². The minimum atomic E-state index is -0.498. The summed E-state index contributed by atoms with van der Waals surface area (Å²) < 4.78 is 5.47. The summed E-state index contributed by atoms with van der Waals surface area (Å²) in [6, 6.07) is 55.1. The normalized spacial score (nSPS) is 14.5. The number of hydrogen-bond acceptors (Lipinski definition) is 4. The van der Waals surface area contributed by atoms with Crippen molar-refractivity contribution in [2.75, 3.05) is 16.4 Å². The fraction of sp³-hybridized carbons (Fsp3) is 0.100. The Hall–Kier alpha value is -5.16. The summed E-state index contributed by atoms with van der Waals surface area (Å²) in [5.74, 6) is 0. The summed E-state index contributed by atoms with van der Waals surface area (Å²) in [4.78, 5) is 4.52. The predicted molar refractivity (Wildman–Crippen MR) is 181 cm³/mol. The van der Waals surface area contributed by atoms with Gasteiger partial charge in [0.15, 0.2) is 0 Å². The van der Waals surface area contributed by atoms with Gasteiger partial charge in [0.25, 0.3) is 0 Å². The first-order valence-electron chi connectivity index (χ1n) is 15.0. The number of hydrogen-bond donors (Lipinski definition) is 1. The molecule has 0 aromatic heterocycles. The number of aliphatic hydroxyl groups excluding tert-OH is 1. The number of ether oxygens (including phenoxy) is 1. The molecule has 7 rings (SSSR count). The molecule has 1 aliphatic heterocycles. The molecule has 216 valence electrons. The zero-order valence-corrected chi connectivity index (χ0v) is 24.6. The van der Waals surface area contributed by atoms with E-state index in [0.717, 1.165) is 57.4 Å². The number of epoxide rings is 1. The van der Waals surface area contributed by atoms with Crippen LogP contribution in [0.3, 0.4) is 0 Å². The lowest BCUT2D eigenvalue weighted by molar-refractivity contribution is 0.199. The van der Waals surface area contributed by atoms with E-state index >= 15 is 0 Å². The lowest BCUT2D eigenvalue weighted by Gasteiger charge is -2.26. The standard InChI is InChI=1S/C40H34N2O2/c1-29(43)30-12-20-36(21-13-30)41(34-8-4-2-5-9-34)37-22-14-31(15-23-37)32-16-24-38(25-17-32)42(35-10-6-3-7-11-35)39-26-18-33(19-27-39)40-28-44-40/h2-27,29,40,43H,28H2,1H3. The Labute approximate surface area is 259 Å². The van der Waals surface area contributed by atoms with Crippen LogP contribution in [0, 0.1) is 0 Å². The molecule has 1 N–H and O–H groups in total. The minimum Gasteiger partial charge on any atom is -0.389 e. The van der Waals surface area contributed by atoms with Crippen LogP contribution in [-0.2, 0) is 4.74 Å². The van der Waals surface area contributed by atoms with Gasteiger partial charge >= 0.3 is 0 Å². The highest BCUT2D eigenvalue weighted by atomic mass is 16.6. The fourth-order valence-electron chi connectivity index (χ4n) is 5.63. The Morgan fingerprint density at radius 3 is 1.20 bits per heavy atom. The van der Waals surface area contributed by atoms with Gasteiger partial charge in [-0.2, -0.15) is 0 Å². The van der Waals surface area contributed by atoms with Crippen molar-refractivity contribution in [1.29, 1.82) is 0 Å². The Morgan fingerprint density at radius 2 is 0.841 bits per heavy atom. The first-order valence-corrected chi connectivity index (χ1v) is 15.0. The topological polar surface area (TPSA) is 39.2 Å². The van der Waals surface area contributed by atoms with E-state index in [1.165, 1.54) is 5.56 Å². The zero-order chi connectivity index (χ0) is 29.9. The van der Waals surface area contributed by atoms with Gasteiger partial charge in [0.1, 0.15) is 6.10 Å². The molecular weight excluding hydrogens is 540 g/mol. The molecule has 0 radical (unpaired) electrons. The molecule has 6 aromatic carbocycles. The Bertz CT molecular complexity index is 1670. The first kappa shape index (κ1) is 27.7. The summed E-state index contributed by atoms with van der Waals surface area (Å²) in [6.45, 7) is 2.60. The van der Waals surface area contributed by atoms with E-state index in [4.69, 9.17) is 4.74 Å². The van der Waals surface area contributed by atoms with Crippen LogP contribution in [0.15, 0.2) is 158 Å². The highest BCUT2D eigenvalue weighted by molar-refractivity contribution is 5.80. The SMILES string of the molecule is CC(O)c1ccc(N(c2ccccc2)c2ccc(-c3ccc(N(c4ccccc4)c4ccc(C5CO5)cc4)cc3)cc2)cc1. The number of para-hydroxylation sites is 2. The summed E-state index contributed by atoms with van der Waals surface area (Å²) in [5, 5.41) is 10.00. The van der Waals surface area contributed by atoms with Crippen LogP contribution in [0.2, 0.25) is 0 Å². The molecule has 4 heteroatoms. The van der Waals surface area contributed by atoms with Crippen molar-refractivity contribution in [1.82, 2.24) is 0 Å². The van der Waals surface area contributed by atoms with E-state index in [1.54, 1.807) is 6.92 Å². The third kappa shape index (κ3) is 5.86. The molecule has 44 heavy (non-hydrogen) atoms. The molecule has 0 saturated carbocycles. The maximum Gasteiger partial charge on any atom is 0.106 e. The Balaban J connectivity index is 1.17. The van der Waals surface area contributed by atoms with Gasteiger partial charge in [-0.05, 0) is 102 Å². The van der Waals surface area contributed by atoms with Gasteiger partial charge in [-0.25, -0.2) is 0 Å². The molecule has 2 atom stereocenters. The van der Waals surface area contributed by atoms with Crippen LogP contribution in [-0.4, -0.2) is 11.7 Å². The highest BCUT2D eigenvalue weighted by Gasteiger charge is 2.25. The molecule has 1 aliphatic rings. The average Bonchev–Trinajstić information content (AvgIpc) is 3.93. The van der Waals surface area contributed by atoms with Crippen LogP contribution in [0.25, 0.3) is 11.1 Å². The van der Waals surface area contributed by atoms with E-state index in [9.17, 15) is 5.11 Å². The van der Waals surface area contributed by atoms with Gasteiger partial charge in [-0.1, -0.05) is 84.9 Å². The lowest BCUT2D eigenvalue weighted by atomic mass is 10.0. The van der Waals surface area contributed by atoms with Crippen molar-refractivity contribution in [3.05, 3.63) is 169 Å². The Kier molecular flexibility index (Phi) is 7.68. The number of aliphatic hydroxyl groups is 1. The molecule has 0 bridgehead atoms. The van der Waals surface area contributed by atoms with Crippen molar-refractivity contribution in [2.45, 2.75) is 19.1 Å². The van der Waals surface area contributed by atoms with Crippen LogP contribution < -0.4 is 9.80 Å². The summed E-state index contributed by atoms with van der Waals surface area (Å²) >= 11 is 0. The van der Waals surface area contributed by atoms with Crippen LogP contribution >= 0.6 is 0 Å². The van der Waals surface area contributed by atoms with Gasteiger partial charge < -0.3 is 19.6 Å².